The van der Waals surface area contributed by atoms with Crippen LogP contribution in [0.1, 0.15) is 77.6 Å². The molecule has 0 radical (unpaired) electrons. The van der Waals surface area contributed by atoms with Crippen molar-refractivity contribution in [3.05, 3.63) is 0 Å². The van der Waals surface area contributed by atoms with Crippen LogP contribution in [0, 0.1) is 57.7 Å². The second-order valence-corrected chi connectivity index (χ2v) is 13.9. The first-order valence-corrected chi connectivity index (χ1v) is 13.4. The van der Waals surface area contributed by atoms with Gasteiger partial charge in [0.2, 0.25) is 0 Å². The van der Waals surface area contributed by atoms with Crippen LogP contribution in [0.15, 0.2) is 0 Å². The summed E-state index contributed by atoms with van der Waals surface area (Å²) in [6.45, 7) is 4.38. The second-order valence-electron chi connectivity index (χ2n) is 13.9. The molecule has 7 atom stereocenters. The maximum atomic E-state index is 13.4. The highest BCUT2D eigenvalue weighted by molar-refractivity contribution is 5.80. The fraction of sp³-hybridized carbons (Fsp3) is 0.963. The summed E-state index contributed by atoms with van der Waals surface area (Å²) < 4.78 is 19.3. The minimum atomic E-state index is -0.322. The summed E-state index contributed by atoms with van der Waals surface area (Å²) in [5.41, 5.74) is 0.735. The molecule has 7 bridgehead atoms. The van der Waals surface area contributed by atoms with Crippen molar-refractivity contribution in [2.45, 2.75) is 83.3 Å². The van der Waals surface area contributed by atoms with E-state index in [4.69, 9.17) is 14.2 Å². The number of fused-ring (bicyclic) bond motifs is 2. The second kappa shape index (κ2) is 5.71. The quantitative estimate of drug-likeness (QED) is 0.599. The van der Waals surface area contributed by atoms with Crippen LogP contribution in [-0.4, -0.2) is 31.6 Å². The first kappa shape index (κ1) is 18.8. The molecule has 0 amide bonds. The topological polar surface area (TPSA) is 44.8 Å². The molecule has 1 saturated heterocycles. The first-order valence-electron chi connectivity index (χ1n) is 13.4. The van der Waals surface area contributed by atoms with Crippen LogP contribution in [0.25, 0.3) is 0 Å². The number of ether oxygens (including phenoxy) is 3. The summed E-state index contributed by atoms with van der Waals surface area (Å²) in [6.07, 6.45) is 14.2. The number of esters is 1. The Morgan fingerprint density at radius 3 is 2.23 bits per heavy atom. The Labute approximate surface area is 186 Å². The zero-order chi connectivity index (χ0) is 20.6. The fourth-order valence-electron chi connectivity index (χ4n) is 11.6. The molecule has 4 heteroatoms. The first-order chi connectivity index (χ1) is 14.9. The zero-order valence-corrected chi connectivity index (χ0v) is 19.1. The lowest BCUT2D eigenvalue weighted by molar-refractivity contribution is -0.376. The molecule has 9 fully saturated rings. The van der Waals surface area contributed by atoms with Crippen molar-refractivity contribution < 1.29 is 19.0 Å². The molecule has 0 aromatic heterocycles. The van der Waals surface area contributed by atoms with Crippen molar-refractivity contribution in [2.24, 2.45) is 57.7 Å². The van der Waals surface area contributed by atoms with Crippen LogP contribution in [0.2, 0.25) is 0 Å². The Balaban J connectivity index is 0.926. The normalized spacial score (nSPS) is 62.2. The molecule has 1 aliphatic heterocycles. The molecule has 2 spiro atoms. The molecule has 9 aliphatic rings. The van der Waals surface area contributed by atoms with Crippen LogP contribution in [0.3, 0.4) is 0 Å². The van der Waals surface area contributed by atoms with Gasteiger partial charge in [-0.3, -0.25) is 4.79 Å². The Hall–Kier alpha value is -0.610. The van der Waals surface area contributed by atoms with Gasteiger partial charge < -0.3 is 14.2 Å². The van der Waals surface area contributed by atoms with E-state index in [0.717, 1.165) is 36.5 Å². The summed E-state index contributed by atoms with van der Waals surface area (Å²) in [4.78, 5) is 13.4. The van der Waals surface area contributed by atoms with E-state index in [-0.39, 0.29) is 23.1 Å². The Morgan fingerprint density at radius 2 is 1.48 bits per heavy atom. The van der Waals surface area contributed by atoms with Crippen LogP contribution in [0.5, 0.6) is 0 Å². The van der Waals surface area contributed by atoms with Crippen molar-refractivity contribution in [2.75, 3.05) is 19.8 Å². The van der Waals surface area contributed by atoms with Crippen molar-refractivity contribution >= 4 is 5.97 Å². The summed E-state index contributed by atoms with van der Waals surface area (Å²) in [7, 11) is 0. The maximum absolute atomic E-state index is 13.4. The molecule has 4 nitrogen and oxygen atoms in total. The van der Waals surface area contributed by atoms with E-state index in [1.807, 2.05) is 0 Å². The third-order valence-corrected chi connectivity index (χ3v) is 12.1. The van der Waals surface area contributed by atoms with Gasteiger partial charge in [0, 0.05) is 17.8 Å². The molecule has 9 rings (SSSR count). The molecular weight excluding hydrogens is 388 g/mol. The van der Waals surface area contributed by atoms with E-state index >= 15 is 0 Å². The number of carbonyl (C=O) groups is 1. The van der Waals surface area contributed by atoms with E-state index in [2.05, 4.69) is 6.92 Å². The molecule has 0 N–H and O–H groups in total. The Morgan fingerprint density at radius 1 is 0.806 bits per heavy atom. The Bertz CT molecular complexity index is 805. The third kappa shape index (κ3) is 2.19. The predicted molar refractivity (Wildman–Crippen MR) is 114 cm³/mol. The van der Waals surface area contributed by atoms with E-state index in [1.165, 1.54) is 57.8 Å². The summed E-state index contributed by atoms with van der Waals surface area (Å²) in [6, 6.07) is 0. The highest BCUT2D eigenvalue weighted by atomic mass is 16.7. The van der Waals surface area contributed by atoms with Crippen molar-refractivity contribution in [3.8, 4) is 0 Å². The minimum Gasteiger partial charge on any atom is -0.465 e. The molecule has 0 aromatic rings. The lowest BCUT2D eigenvalue weighted by Gasteiger charge is -2.64. The van der Waals surface area contributed by atoms with E-state index in [9.17, 15) is 4.79 Å². The Kier molecular flexibility index (Phi) is 3.46. The van der Waals surface area contributed by atoms with Gasteiger partial charge in [-0.1, -0.05) is 6.92 Å². The average molecular weight is 427 g/mol. The number of hydrogen-bond acceptors (Lipinski definition) is 4. The predicted octanol–water partition coefficient (Wildman–Crippen LogP) is 4.95. The van der Waals surface area contributed by atoms with Crippen LogP contribution < -0.4 is 0 Å². The number of carbonyl (C=O) groups excluding carboxylic acids is 1. The molecule has 0 aromatic carbocycles. The molecule has 170 valence electrons. The SMILES string of the molecule is CC12CC3CC(C1)C1(OCC(COC(=O)C45CC6CC7CC(C4)C5(C7)C6)CO1)C(C3)C2. The lowest BCUT2D eigenvalue weighted by atomic mass is 9.46. The van der Waals surface area contributed by atoms with Crippen LogP contribution in [-0.2, 0) is 19.0 Å². The van der Waals surface area contributed by atoms with Crippen molar-refractivity contribution in [1.82, 2.24) is 0 Å². The largest absolute Gasteiger partial charge is 0.465 e. The zero-order valence-electron chi connectivity index (χ0n) is 19.1. The number of rotatable bonds is 3. The van der Waals surface area contributed by atoms with Gasteiger partial charge in [0.05, 0.1) is 25.2 Å². The third-order valence-electron chi connectivity index (χ3n) is 12.1. The standard InChI is InChI=1S/C27H38O4/c1-24-6-17-4-21(10-24)27(22(5-17)11-24)30-14-19(15-31-27)13-29-23(28)26-9-18-2-16-3-20(12-26)25(26,7-16)8-18/h16-22H,2-15H2,1H3. The van der Waals surface area contributed by atoms with Crippen molar-refractivity contribution in [1.29, 1.82) is 0 Å². The summed E-state index contributed by atoms with van der Waals surface area (Å²) in [5.74, 6) is 4.56. The van der Waals surface area contributed by atoms with Gasteiger partial charge in [0.25, 0.3) is 0 Å². The molecule has 8 saturated carbocycles. The van der Waals surface area contributed by atoms with E-state index in [1.54, 1.807) is 0 Å². The van der Waals surface area contributed by atoms with Crippen molar-refractivity contribution in [3.63, 3.8) is 0 Å². The lowest BCUT2D eigenvalue weighted by Crippen LogP contribution is -2.65. The summed E-state index contributed by atoms with van der Waals surface area (Å²) in [5, 5.41) is 0. The minimum absolute atomic E-state index is 0.123. The molecule has 8 aliphatic carbocycles. The highest BCUT2D eigenvalue weighted by Gasteiger charge is 2.77. The molecule has 1 heterocycles. The van der Waals surface area contributed by atoms with Crippen LogP contribution in [0.4, 0.5) is 0 Å². The van der Waals surface area contributed by atoms with Gasteiger partial charge >= 0.3 is 5.97 Å². The van der Waals surface area contributed by atoms with E-state index < -0.39 is 0 Å². The molecule has 7 unspecified atom stereocenters. The van der Waals surface area contributed by atoms with Gasteiger partial charge in [0.15, 0.2) is 5.79 Å². The van der Waals surface area contributed by atoms with Gasteiger partial charge in [-0.15, -0.1) is 0 Å². The smallest absolute Gasteiger partial charge is 0.312 e. The van der Waals surface area contributed by atoms with Gasteiger partial charge in [-0.2, -0.15) is 0 Å². The maximum Gasteiger partial charge on any atom is 0.312 e. The monoisotopic (exact) mass is 426 g/mol. The van der Waals surface area contributed by atoms with Crippen LogP contribution >= 0.6 is 0 Å². The fourth-order valence-corrected chi connectivity index (χ4v) is 11.6. The molecule has 31 heavy (non-hydrogen) atoms. The van der Waals surface area contributed by atoms with Gasteiger partial charge in [-0.05, 0) is 105 Å². The van der Waals surface area contributed by atoms with Gasteiger partial charge in [-0.25, -0.2) is 0 Å². The average Bonchev–Trinajstić information content (AvgIpc) is 3.05. The van der Waals surface area contributed by atoms with Gasteiger partial charge in [0.1, 0.15) is 0 Å². The number of hydrogen-bond donors (Lipinski definition) is 0. The highest BCUT2D eigenvalue weighted by Crippen LogP contribution is 2.81. The molecular formula is C27H38O4. The van der Waals surface area contributed by atoms with E-state index in [0.29, 0.717) is 42.5 Å². The summed E-state index contributed by atoms with van der Waals surface area (Å²) >= 11 is 0.